The Labute approximate surface area is 79.9 Å². The van der Waals surface area contributed by atoms with E-state index in [1.54, 1.807) is 0 Å². The molecule has 0 aromatic rings. The molecule has 0 atom stereocenters. The molecule has 1 fully saturated rings. The Balaban J connectivity index is 2.97. The number of aliphatic carboxylic acids is 1. The molecule has 1 saturated carbocycles. The van der Waals surface area contributed by atoms with Crippen LogP contribution in [0.25, 0.3) is 0 Å². The molecule has 1 rings (SSSR count). The lowest BCUT2D eigenvalue weighted by Crippen LogP contribution is -2.62. The first kappa shape index (κ1) is 10.5. The Hall–Kier alpha value is -0.570. The highest BCUT2D eigenvalue weighted by Crippen LogP contribution is 2.38. The number of hydrogen-bond donors (Lipinski definition) is 1. The maximum absolute atomic E-state index is 11.3. The molecule has 1 N–H and O–H groups in total. The summed E-state index contributed by atoms with van der Waals surface area (Å²) in [6.45, 7) is 2.94. The summed E-state index contributed by atoms with van der Waals surface area (Å²) in [4.78, 5) is 11.3. The van der Waals surface area contributed by atoms with Gasteiger partial charge in [-0.05, 0) is 19.8 Å². The van der Waals surface area contributed by atoms with Gasteiger partial charge in [-0.1, -0.05) is 0 Å². The highest BCUT2D eigenvalue weighted by molar-refractivity contribution is 5.77. The van der Waals surface area contributed by atoms with Crippen molar-refractivity contribution in [2.45, 2.75) is 38.1 Å². The summed E-state index contributed by atoms with van der Waals surface area (Å²) in [5, 5.41) is 9.31. The topological polar surface area (TPSA) is 37.3 Å². The van der Waals surface area contributed by atoms with E-state index in [0.717, 1.165) is 32.2 Å². The van der Waals surface area contributed by atoms with E-state index in [0.29, 0.717) is 4.48 Å². The second-order valence-corrected chi connectivity index (χ2v) is 4.55. The lowest BCUT2D eigenvalue weighted by atomic mass is 9.93. The van der Waals surface area contributed by atoms with Crippen LogP contribution in [-0.2, 0) is 4.79 Å². The third-order valence-corrected chi connectivity index (χ3v) is 3.78. The molecule has 3 nitrogen and oxygen atoms in total. The highest BCUT2D eigenvalue weighted by Gasteiger charge is 2.53. The second-order valence-electron chi connectivity index (χ2n) is 4.55. The van der Waals surface area contributed by atoms with E-state index in [1.807, 2.05) is 14.1 Å². The molecule has 0 saturated heterocycles. The Bertz CT molecular complexity index is 205. The van der Waals surface area contributed by atoms with E-state index in [9.17, 15) is 9.90 Å². The average molecular weight is 186 g/mol. The maximum atomic E-state index is 11.3. The van der Waals surface area contributed by atoms with Gasteiger partial charge < -0.3 is 9.59 Å². The SMILES string of the molecule is CC[N+](C)(C)C1(C(=O)O)CCCC1. The second kappa shape index (κ2) is 3.29. The van der Waals surface area contributed by atoms with Gasteiger partial charge in [0.2, 0.25) is 0 Å². The maximum Gasteiger partial charge on any atom is 0.365 e. The van der Waals surface area contributed by atoms with Crippen LogP contribution >= 0.6 is 0 Å². The molecule has 0 heterocycles. The van der Waals surface area contributed by atoms with E-state index in [-0.39, 0.29) is 0 Å². The number of rotatable bonds is 3. The summed E-state index contributed by atoms with van der Waals surface area (Å²) < 4.78 is 0.613. The number of carboxylic acids is 1. The quantitative estimate of drug-likeness (QED) is 0.678. The molecule has 0 amide bonds. The molecule has 0 radical (unpaired) electrons. The Morgan fingerprint density at radius 1 is 1.38 bits per heavy atom. The molecule has 0 aromatic heterocycles. The summed E-state index contributed by atoms with van der Waals surface area (Å²) in [6.07, 6.45) is 3.80. The van der Waals surface area contributed by atoms with Gasteiger partial charge in [0.15, 0.2) is 5.54 Å². The van der Waals surface area contributed by atoms with Crippen LogP contribution in [-0.4, -0.2) is 41.7 Å². The van der Waals surface area contributed by atoms with Crippen molar-refractivity contribution in [1.82, 2.24) is 0 Å². The van der Waals surface area contributed by atoms with Crippen molar-refractivity contribution < 1.29 is 14.4 Å². The fraction of sp³-hybridized carbons (Fsp3) is 0.900. The zero-order valence-corrected chi connectivity index (χ0v) is 8.84. The van der Waals surface area contributed by atoms with Crippen molar-refractivity contribution in [3.8, 4) is 0 Å². The van der Waals surface area contributed by atoms with Gasteiger partial charge in [0.1, 0.15) is 0 Å². The van der Waals surface area contributed by atoms with E-state index in [1.165, 1.54) is 0 Å². The fourth-order valence-electron chi connectivity index (χ4n) is 2.34. The summed E-state index contributed by atoms with van der Waals surface area (Å²) in [7, 11) is 4.05. The van der Waals surface area contributed by atoms with Crippen LogP contribution in [0.15, 0.2) is 0 Å². The molecule has 0 spiro atoms. The molecule has 0 aliphatic heterocycles. The Morgan fingerprint density at radius 2 is 1.85 bits per heavy atom. The molecule has 0 bridgehead atoms. The first-order chi connectivity index (χ1) is 5.96. The van der Waals surface area contributed by atoms with Crippen LogP contribution in [0.5, 0.6) is 0 Å². The highest BCUT2D eigenvalue weighted by atomic mass is 16.4. The molecular weight excluding hydrogens is 166 g/mol. The molecule has 3 heteroatoms. The molecule has 76 valence electrons. The van der Waals surface area contributed by atoms with Crippen molar-refractivity contribution in [2.24, 2.45) is 0 Å². The Morgan fingerprint density at radius 3 is 2.15 bits per heavy atom. The van der Waals surface area contributed by atoms with Crippen LogP contribution in [0.3, 0.4) is 0 Å². The van der Waals surface area contributed by atoms with Gasteiger partial charge in [0.25, 0.3) is 0 Å². The molecule has 13 heavy (non-hydrogen) atoms. The predicted octanol–water partition coefficient (Wildman–Crippen LogP) is 1.48. The first-order valence-electron chi connectivity index (χ1n) is 5.03. The van der Waals surface area contributed by atoms with Gasteiger partial charge in [0, 0.05) is 12.8 Å². The average Bonchev–Trinajstić information content (AvgIpc) is 2.53. The van der Waals surface area contributed by atoms with Gasteiger partial charge in [0.05, 0.1) is 20.6 Å². The predicted molar refractivity (Wildman–Crippen MR) is 51.5 cm³/mol. The standard InChI is InChI=1S/C10H19NO2/c1-4-11(2,3)10(9(12)13)7-5-6-8-10/h4-8H2,1-3H3/p+1. The molecule has 0 aromatic carbocycles. The molecular formula is C10H20NO2+. The normalized spacial score (nSPS) is 21.8. The summed E-state index contributed by atoms with van der Waals surface area (Å²) in [5.74, 6) is -0.614. The monoisotopic (exact) mass is 186 g/mol. The van der Waals surface area contributed by atoms with Crippen LogP contribution in [0, 0.1) is 0 Å². The lowest BCUT2D eigenvalue weighted by Gasteiger charge is -2.43. The van der Waals surface area contributed by atoms with Crippen molar-refractivity contribution in [2.75, 3.05) is 20.6 Å². The molecule has 0 unspecified atom stereocenters. The molecule has 1 aliphatic rings. The van der Waals surface area contributed by atoms with Gasteiger partial charge in [-0.2, -0.15) is 0 Å². The van der Waals surface area contributed by atoms with E-state index in [2.05, 4.69) is 6.92 Å². The number of hydrogen-bond acceptors (Lipinski definition) is 1. The zero-order valence-electron chi connectivity index (χ0n) is 8.84. The number of nitrogens with zero attached hydrogens (tertiary/aromatic N) is 1. The van der Waals surface area contributed by atoms with E-state index < -0.39 is 11.5 Å². The van der Waals surface area contributed by atoms with Crippen LogP contribution in [0.2, 0.25) is 0 Å². The third kappa shape index (κ3) is 1.46. The van der Waals surface area contributed by atoms with Gasteiger partial charge >= 0.3 is 5.97 Å². The van der Waals surface area contributed by atoms with E-state index >= 15 is 0 Å². The minimum atomic E-state index is -0.614. The minimum Gasteiger partial charge on any atom is -0.477 e. The zero-order chi connectivity index (χ0) is 10.1. The van der Waals surface area contributed by atoms with Gasteiger partial charge in [-0.15, -0.1) is 0 Å². The number of carboxylic acid groups (broad SMARTS) is 1. The Kier molecular flexibility index (Phi) is 2.66. The van der Waals surface area contributed by atoms with Crippen molar-refractivity contribution in [3.05, 3.63) is 0 Å². The number of carbonyl (C=O) groups is 1. The van der Waals surface area contributed by atoms with Crippen LogP contribution in [0.1, 0.15) is 32.6 Å². The number of likely N-dealkylation sites (N-methyl/N-ethyl adjacent to an activating group) is 1. The van der Waals surface area contributed by atoms with Crippen LogP contribution < -0.4 is 0 Å². The smallest absolute Gasteiger partial charge is 0.365 e. The van der Waals surface area contributed by atoms with Crippen molar-refractivity contribution in [3.63, 3.8) is 0 Å². The van der Waals surface area contributed by atoms with Gasteiger partial charge in [-0.25, -0.2) is 4.79 Å². The largest absolute Gasteiger partial charge is 0.477 e. The lowest BCUT2D eigenvalue weighted by molar-refractivity contribution is -0.930. The summed E-state index contributed by atoms with van der Waals surface area (Å²) in [6, 6.07) is 0. The molecule has 1 aliphatic carbocycles. The summed E-state index contributed by atoms with van der Waals surface area (Å²) >= 11 is 0. The minimum absolute atomic E-state index is 0.505. The first-order valence-corrected chi connectivity index (χ1v) is 5.03. The summed E-state index contributed by atoms with van der Waals surface area (Å²) in [5.41, 5.74) is -0.505. The number of quaternary nitrogens is 1. The van der Waals surface area contributed by atoms with Crippen LogP contribution in [0.4, 0.5) is 0 Å². The van der Waals surface area contributed by atoms with Crippen molar-refractivity contribution >= 4 is 5.97 Å². The van der Waals surface area contributed by atoms with Crippen molar-refractivity contribution in [1.29, 1.82) is 0 Å². The van der Waals surface area contributed by atoms with Gasteiger partial charge in [-0.3, -0.25) is 0 Å². The van der Waals surface area contributed by atoms with E-state index in [4.69, 9.17) is 0 Å². The fourth-order valence-corrected chi connectivity index (χ4v) is 2.34. The third-order valence-electron chi connectivity index (χ3n) is 3.78.